The Hall–Kier alpha value is -0.860. The molecule has 2 nitrogen and oxygen atoms in total. The molecule has 0 saturated carbocycles. The van der Waals surface area contributed by atoms with Gasteiger partial charge in [0, 0.05) is 12.1 Å². The summed E-state index contributed by atoms with van der Waals surface area (Å²) in [4.78, 5) is 2.67. The second-order valence-electron chi connectivity index (χ2n) is 5.64. The minimum atomic E-state index is 0.448. The summed E-state index contributed by atoms with van der Waals surface area (Å²) in [5, 5.41) is 3.67. The molecule has 1 aliphatic heterocycles. The third-order valence-electron chi connectivity index (χ3n) is 4.28. The molecule has 1 saturated heterocycles. The lowest BCUT2D eigenvalue weighted by molar-refractivity contribution is 0.176. The molecule has 1 aromatic carbocycles. The molecule has 1 aliphatic rings. The average molecular weight is 260 g/mol. The van der Waals surface area contributed by atoms with E-state index in [0.717, 1.165) is 6.54 Å². The third-order valence-corrected chi connectivity index (χ3v) is 4.28. The van der Waals surface area contributed by atoms with Crippen LogP contribution < -0.4 is 5.32 Å². The van der Waals surface area contributed by atoms with Crippen LogP contribution in [0.25, 0.3) is 0 Å². The van der Waals surface area contributed by atoms with Crippen molar-refractivity contribution in [1.29, 1.82) is 0 Å². The fourth-order valence-electron chi connectivity index (χ4n) is 3.16. The number of rotatable bonds is 5. The fourth-order valence-corrected chi connectivity index (χ4v) is 3.16. The highest BCUT2D eigenvalue weighted by molar-refractivity contribution is 5.20. The quantitative estimate of drug-likeness (QED) is 0.870. The minimum absolute atomic E-state index is 0.448. The molecule has 2 atom stereocenters. The van der Waals surface area contributed by atoms with Crippen LogP contribution in [0.15, 0.2) is 30.3 Å². The van der Waals surface area contributed by atoms with E-state index in [2.05, 4.69) is 54.4 Å². The Labute approximate surface area is 118 Å². The molecule has 1 aromatic rings. The summed E-state index contributed by atoms with van der Waals surface area (Å²) in [6.07, 6.45) is 5.52. The van der Waals surface area contributed by atoms with Crippen LogP contribution in [0.3, 0.4) is 0 Å². The highest BCUT2D eigenvalue weighted by Gasteiger charge is 2.24. The zero-order chi connectivity index (χ0) is 13.5. The standard InChI is InChI=1S/C17H28N2/c1-3-18-17(16-11-7-6-8-12-16)15(2)19-13-9-4-5-10-14-19/h6-8,11-12,15,17-18H,3-5,9-10,13-14H2,1-2H3. The van der Waals surface area contributed by atoms with Gasteiger partial charge in [-0.25, -0.2) is 0 Å². The highest BCUT2D eigenvalue weighted by atomic mass is 15.2. The van der Waals surface area contributed by atoms with Crippen molar-refractivity contribution in [2.75, 3.05) is 19.6 Å². The summed E-state index contributed by atoms with van der Waals surface area (Å²) in [6, 6.07) is 11.9. The first kappa shape index (κ1) is 14.5. The second kappa shape index (κ2) is 7.66. The van der Waals surface area contributed by atoms with E-state index < -0.39 is 0 Å². The number of nitrogens with one attached hydrogen (secondary N) is 1. The van der Waals surface area contributed by atoms with Crippen molar-refractivity contribution >= 4 is 0 Å². The lowest BCUT2D eigenvalue weighted by Gasteiger charge is -2.34. The summed E-state index contributed by atoms with van der Waals surface area (Å²) < 4.78 is 0. The van der Waals surface area contributed by atoms with E-state index in [1.807, 2.05) is 0 Å². The SMILES string of the molecule is CCNC(c1ccccc1)C(C)N1CCCCCC1. The van der Waals surface area contributed by atoms with E-state index in [9.17, 15) is 0 Å². The summed E-state index contributed by atoms with van der Waals surface area (Å²) in [6.45, 7) is 8.13. The Kier molecular flexibility index (Phi) is 5.87. The van der Waals surface area contributed by atoms with E-state index >= 15 is 0 Å². The summed E-state index contributed by atoms with van der Waals surface area (Å²) in [7, 11) is 0. The largest absolute Gasteiger partial charge is 0.309 e. The Morgan fingerprint density at radius 2 is 1.68 bits per heavy atom. The van der Waals surface area contributed by atoms with Crippen molar-refractivity contribution in [1.82, 2.24) is 10.2 Å². The van der Waals surface area contributed by atoms with Gasteiger partial charge in [-0.2, -0.15) is 0 Å². The van der Waals surface area contributed by atoms with Crippen molar-refractivity contribution in [3.05, 3.63) is 35.9 Å². The molecular weight excluding hydrogens is 232 g/mol. The van der Waals surface area contributed by atoms with Gasteiger partial charge in [0.2, 0.25) is 0 Å². The van der Waals surface area contributed by atoms with E-state index in [4.69, 9.17) is 0 Å². The highest BCUT2D eigenvalue weighted by Crippen LogP contribution is 2.23. The van der Waals surface area contributed by atoms with Crippen LogP contribution in [0.4, 0.5) is 0 Å². The molecule has 0 spiro atoms. The smallest absolute Gasteiger partial charge is 0.0475 e. The predicted octanol–water partition coefficient (Wildman–Crippen LogP) is 3.60. The average Bonchev–Trinajstić information content (AvgIpc) is 2.74. The number of hydrogen-bond donors (Lipinski definition) is 1. The molecule has 2 heteroatoms. The van der Waals surface area contributed by atoms with Crippen LogP contribution in [0.1, 0.15) is 51.1 Å². The van der Waals surface area contributed by atoms with Gasteiger partial charge in [0.25, 0.3) is 0 Å². The van der Waals surface area contributed by atoms with E-state index in [-0.39, 0.29) is 0 Å². The van der Waals surface area contributed by atoms with Crippen molar-refractivity contribution in [2.24, 2.45) is 0 Å². The van der Waals surface area contributed by atoms with Crippen molar-refractivity contribution in [3.8, 4) is 0 Å². The zero-order valence-electron chi connectivity index (χ0n) is 12.4. The third kappa shape index (κ3) is 4.05. The first-order valence-corrected chi connectivity index (χ1v) is 7.85. The van der Waals surface area contributed by atoms with E-state index in [1.165, 1.54) is 44.3 Å². The second-order valence-corrected chi connectivity index (χ2v) is 5.64. The molecule has 2 rings (SSSR count). The fraction of sp³-hybridized carbons (Fsp3) is 0.647. The zero-order valence-corrected chi connectivity index (χ0v) is 12.4. The molecule has 0 bridgehead atoms. The minimum Gasteiger partial charge on any atom is -0.309 e. The molecule has 19 heavy (non-hydrogen) atoms. The van der Waals surface area contributed by atoms with Gasteiger partial charge in [0.15, 0.2) is 0 Å². The summed E-state index contributed by atoms with van der Waals surface area (Å²) >= 11 is 0. The maximum Gasteiger partial charge on any atom is 0.0475 e. The topological polar surface area (TPSA) is 15.3 Å². The Morgan fingerprint density at radius 1 is 1.05 bits per heavy atom. The van der Waals surface area contributed by atoms with Gasteiger partial charge in [0.05, 0.1) is 0 Å². The van der Waals surface area contributed by atoms with Gasteiger partial charge in [0.1, 0.15) is 0 Å². The van der Waals surface area contributed by atoms with Crippen molar-refractivity contribution in [2.45, 2.75) is 51.6 Å². The molecule has 1 fully saturated rings. The van der Waals surface area contributed by atoms with Crippen LogP contribution in [0.2, 0.25) is 0 Å². The van der Waals surface area contributed by atoms with Gasteiger partial charge >= 0.3 is 0 Å². The van der Waals surface area contributed by atoms with Crippen LogP contribution in [-0.2, 0) is 0 Å². The monoisotopic (exact) mass is 260 g/mol. The van der Waals surface area contributed by atoms with E-state index in [1.54, 1.807) is 0 Å². The molecule has 0 aromatic heterocycles. The lowest BCUT2D eigenvalue weighted by Crippen LogP contribution is -2.43. The summed E-state index contributed by atoms with van der Waals surface area (Å²) in [5.41, 5.74) is 1.42. The molecule has 0 aliphatic carbocycles. The first-order valence-electron chi connectivity index (χ1n) is 7.85. The number of hydrogen-bond acceptors (Lipinski definition) is 2. The van der Waals surface area contributed by atoms with Crippen molar-refractivity contribution < 1.29 is 0 Å². The molecule has 0 amide bonds. The molecule has 2 unspecified atom stereocenters. The Balaban J connectivity index is 2.09. The van der Waals surface area contributed by atoms with Crippen LogP contribution in [-0.4, -0.2) is 30.6 Å². The predicted molar refractivity (Wildman–Crippen MR) is 82.4 cm³/mol. The number of likely N-dealkylation sites (N-methyl/N-ethyl adjacent to an activating group) is 1. The van der Waals surface area contributed by atoms with E-state index in [0.29, 0.717) is 12.1 Å². The molecule has 0 radical (unpaired) electrons. The number of benzene rings is 1. The van der Waals surface area contributed by atoms with Crippen LogP contribution in [0.5, 0.6) is 0 Å². The van der Waals surface area contributed by atoms with Gasteiger partial charge < -0.3 is 5.32 Å². The molecule has 1 heterocycles. The van der Waals surface area contributed by atoms with Gasteiger partial charge in [-0.05, 0) is 45.0 Å². The molecular formula is C17H28N2. The van der Waals surface area contributed by atoms with Crippen LogP contribution in [0, 0.1) is 0 Å². The maximum atomic E-state index is 3.67. The molecule has 106 valence electrons. The lowest BCUT2D eigenvalue weighted by atomic mass is 9.99. The van der Waals surface area contributed by atoms with Gasteiger partial charge in [-0.15, -0.1) is 0 Å². The maximum absolute atomic E-state index is 3.67. The number of nitrogens with zero attached hydrogens (tertiary/aromatic N) is 1. The summed E-state index contributed by atoms with van der Waals surface area (Å²) in [5.74, 6) is 0. The van der Waals surface area contributed by atoms with Gasteiger partial charge in [-0.3, -0.25) is 4.90 Å². The molecule has 1 N–H and O–H groups in total. The van der Waals surface area contributed by atoms with Gasteiger partial charge in [-0.1, -0.05) is 50.1 Å². The Bertz CT molecular complexity index is 342. The normalized spacial score (nSPS) is 20.7. The van der Waals surface area contributed by atoms with Crippen LogP contribution >= 0.6 is 0 Å². The Morgan fingerprint density at radius 3 is 2.26 bits per heavy atom. The van der Waals surface area contributed by atoms with Crippen molar-refractivity contribution in [3.63, 3.8) is 0 Å². The number of likely N-dealkylation sites (tertiary alicyclic amines) is 1. The first-order chi connectivity index (χ1) is 9.33.